The first kappa shape index (κ1) is 26.6. The first-order chi connectivity index (χ1) is 15.3. The van der Waals surface area contributed by atoms with Gasteiger partial charge in [-0.15, -0.1) is 0 Å². The van der Waals surface area contributed by atoms with E-state index >= 15 is 0 Å². The summed E-state index contributed by atoms with van der Waals surface area (Å²) >= 11 is 23.6. The van der Waals surface area contributed by atoms with Gasteiger partial charge in [0.15, 0.2) is 11.5 Å². The largest absolute Gasteiger partial charge is 0.490 e. The zero-order valence-electron chi connectivity index (χ0n) is 17.9. The third-order valence-electron chi connectivity index (χ3n) is 3.91. The molecule has 0 saturated heterocycles. The van der Waals surface area contributed by atoms with Gasteiger partial charge in [-0.3, -0.25) is 0 Å². The monoisotopic (exact) mass is 519 g/mol. The van der Waals surface area contributed by atoms with Gasteiger partial charge in [-0.05, 0) is 50.5 Å². The summed E-state index contributed by atoms with van der Waals surface area (Å²) in [6.45, 7) is 5.58. The van der Waals surface area contributed by atoms with Crippen molar-refractivity contribution in [3.8, 4) is 17.2 Å². The van der Waals surface area contributed by atoms with Crippen molar-refractivity contribution in [3.05, 3.63) is 62.6 Å². The van der Waals surface area contributed by atoms with Crippen molar-refractivity contribution in [1.82, 2.24) is 0 Å². The van der Waals surface area contributed by atoms with E-state index in [0.717, 1.165) is 24.1 Å². The lowest BCUT2D eigenvalue weighted by molar-refractivity contribution is 0.113. The van der Waals surface area contributed by atoms with Crippen molar-refractivity contribution < 1.29 is 19.0 Å². The number of rotatable bonds is 13. The molecular formula is C23H25Cl4NO4. The van der Waals surface area contributed by atoms with E-state index in [1.807, 2.05) is 38.1 Å². The number of hydrogen-bond donors (Lipinski definition) is 0. The summed E-state index contributed by atoms with van der Waals surface area (Å²) < 4.78 is 17.0. The van der Waals surface area contributed by atoms with Gasteiger partial charge < -0.3 is 19.0 Å². The quantitative estimate of drug-likeness (QED) is 0.153. The van der Waals surface area contributed by atoms with Gasteiger partial charge in [0.05, 0.1) is 29.0 Å². The first-order valence-corrected chi connectivity index (χ1v) is 11.5. The Morgan fingerprint density at radius 3 is 2.19 bits per heavy atom. The number of halogens is 4. The zero-order valence-corrected chi connectivity index (χ0v) is 20.9. The number of oxime groups is 1. The molecule has 0 N–H and O–H groups in total. The van der Waals surface area contributed by atoms with Crippen LogP contribution in [0.3, 0.4) is 0 Å². The highest BCUT2D eigenvalue weighted by atomic mass is 35.5. The molecule has 0 atom stereocenters. The molecule has 0 aromatic heterocycles. The number of hydrogen-bond acceptors (Lipinski definition) is 5. The lowest BCUT2D eigenvalue weighted by Crippen LogP contribution is -2.02. The second kappa shape index (κ2) is 14.5. The van der Waals surface area contributed by atoms with Gasteiger partial charge in [0.25, 0.3) is 0 Å². The molecule has 0 aliphatic rings. The van der Waals surface area contributed by atoms with Crippen LogP contribution in [0.15, 0.2) is 52.1 Å². The smallest absolute Gasteiger partial charge is 0.157 e. The van der Waals surface area contributed by atoms with E-state index in [2.05, 4.69) is 5.16 Å². The highest BCUT2D eigenvalue weighted by molar-refractivity contribution is 6.55. The average Bonchev–Trinajstić information content (AvgIpc) is 2.73. The number of unbranched alkanes of at least 4 members (excludes halogenated alkanes) is 1. The molecule has 0 amide bonds. The van der Waals surface area contributed by atoms with Crippen LogP contribution in [0.1, 0.15) is 32.3 Å². The van der Waals surface area contributed by atoms with Crippen LogP contribution in [0.2, 0.25) is 10.0 Å². The van der Waals surface area contributed by atoms with Gasteiger partial charge in [0.2, 0.25) is 0 Å². The predicted molar refractivity (Wildman–Crippen MR) is 132 cm³/mol. The third-order valence-corrected chi connectivity index (χ3v) is 4.78. The van der Waals surface area contributed by atoms with Crippen molar-refractivity contribution in [1.29, 1.82) is 0 Å². The minimum atomic E-state index is 0.131. The Hall–Kier alpha value is -1.63. The van der Waals surface area contributed by atoms with Crippen LogP contribution in [0.4, 0.5) is 0 Å². The number of ether oxygens (including phenoxy) is 3. The molecule has 0 spiro atoms. The molecule has 9 heteroatoms. The Labute approximate surface area is 208 Å². The molecule has 2 rings (SSSR count). The Kier molecular flexibility index (Phi) is 12.1. The minimum absolute atomic E-state index is 0.131. The summed E-state index contributed by atoms with van der Waals surface area (Å²) in [5.41, 5.74) is 1.92. The molecule has 174 valence electrons. The molecule has 0 bridgehead atoms. The van der Waals surface area contributed by atoms with Gasteiger partial charge in [-0.1, -0.05) is 63.7 Å². The lowest BCUT2D eigenvalue weighted by atomic mass is 10.2. The van der Waals surface area contributed by atoms with Crippen LogP contribution in [0.5, 0.6) is 17.2 Å². The summed E-state index contributed by atoms with van der Waals surface area (Å²) in [7, 11) is 0. The maximum absolute atomic E-state index is 6.26. The molecule has 0 saturated carbocycles. The van der Waals surface area contributed by atoms with Crippen molar-refractivity contribution >= 4 is 52.1 Å². The van der Waals surface area contributed by atoms with Gasteiger partial charge in [0.1, 0.15) is 16.8 Å². The van der Waals surface area contributed by atoms with E-state index in [4.69, 9.17) is 65.5 Å². The van der Waals surface area contributed by atoms with E-state index in [1.54, 1.807) is 12.1 Å². The standard InChI is InChI=1S/C23H25Cl4NO4/c1-16(2)28-32-18-7-5-17(6-8-18)15-29-10-3-4-11-31-23-20(24)13-19(14-21(23)25)30-12-9-22(26)27/h5-9,13-14H,3-4,10-12,15H2,1-2H3. The predicted octanol–water partition coefficient (Wildman–Crippen LogP) is 7.84. The maximum atomic E-state index is 6.26. The maximum Gasteiger partial charge on any atom is 0.157 e. The highest BCUT2D eigenvalue weighted by Gasteiger charge is 2.10. The SMILES string of the molecule is CC(C)=NOc1ccc(COCCCCOc2c(Cl)cc(OCC=C(Cl)Cl)cc2Cl)cc1. The van der Waals surface area contributed by atoms with E-state index in [1.165, 1.54) is 6.08 Å². The topological polar surface area (TPSA) is 49.3 Å². The molecule has 0 aliphatic carbocycles. The minimum Gasteiger partial charge on any atom is -0.490 e. The molecule has 0 fully saturated rings. The van der Waals surface area contributed by atoms with Crippen LogP contribution in [0, 0.1) is 0 Å². The highest BCUT2D eigenvalue weighted by Crippen LogP contribution is 2.37. The van der Waals surface area contributed by atoms with E-state index in [-0.39, 0.29) is 11.1 Å². The Morgan fingerprint density at radius 2 is 1.56 bits per heavy atom. The molecule has 0 heterocycles. The summed E-state index contributed by atoms with van der Waals surface area (Å²) in [5, 5.41) is 4.67. The van der Waals surface area contributed by atoms with Crippen molar-refractivity contribution in [2.75, 3.05) is 19.8 Å². The number of benzene rings is 2. The molecule has 0 aliphatic heterocycles. The molecule has 0 radical (unpaired) electrons. The summed E-state index contributed by atoms with van der Waals surface area (Å²) in [6.07, 6.45) is 3.16. The second-order valence-corrected chi connectivity index (χ2v) is 8.72. The average molecular weight is 521 g/mol. The van der Waals surface area contributed by atoms with E-state index < -0.39 is 0 Å². The molecule has 2 aromatic carbocycles. The fraction of sp³-hybridized carbons (Fsp3) is 0.348. The van der Waals surface area contributed by atoms with Crippen LogP contribution in [-0.4, -0.2) is 25.5 Å². The van der Waals surface area contributed by atoms with Crippen molar-refractivity contribution in [2.45, 2.75) is 33.3 Å². The molecular weight excluding hydrogens is 496 g/mol. The summed E-state index contributed by atoms with van der Waals surface area (Å²) in [5.74, 6) is 1.62. The van der Waals surface area contributed by atoms with Gasteiger partial charge >= 0.3 is 0 Å². The fourth-order valence-corrected chi connectivity index (χ4v) is 3.12. The fourth-order valence-electron chi connectivity index (χ4n) is 2.42. The molecule has 5 nitrogen and oxygen atoms in total. The van der Waals surface area contributed by atoms with Crippen molar-refractivity contribution in [3.63, 3.8) is 0 Å². The van der Waals surface area contributed by atoms with Gasteiger partial charge in [-0.2, -0.15) is 0 Å². The first-order valence-electron chi connectivity index (χ1n) is 9.96. The Morgan fingerprint density at radius 1 is 0.906 bits per heavy atom. The summed E-state index contributed by atoms with van der Waals surface area (Å²) in [6, 6.07) is 10.9. The summed E-state index contributed by atoms with van der Waals surface area (Å²) in [4.78, 5) is 5.27. The van der Waals surface area contributed by atoms with Crippen LogP contribution in [-0.2, 0) is 11.3 Å². The lowest BCUT2D eigenvalue weighted by Gasteiger charge is -2.12. The third kappa shape index (κ3) is 10.3. The molecule has 2 aromatic rings. The van der Waals surface area contributed by atoms with E-state index in [0.29, 0.717) is 47.1 Å². The van der Waals surface area contributed by atoms with Crippen LogP contribution >= 0.6 is 46.4 Å². The molecule has 0 unspecified atom stereocenters. The number of nitrogens with zero attached hydrogens (tertiary/aromatic N) is 1. The van der Waals surface area contributed by atoms with E-state index in [9.17, 15) is 0 Å². The molecule has 32 heavy (non-hydrogen) atoms. The van der Waals surface area contributed by atoms with Gasteiger partial charge in [0, 0.05) is 18.7 Å². The second-order valence-electron chi connectivity index (χ2n) is 6.90. The Balaban J connectivity index is 1.65. The van der Waals surface area contributed by atoms with Crippen LogP contribution in [0.25, 0.3) is 0 Å². The normalized spacial score (nSPS) is 10.4. The zero-order chi connectivity index (χ0) is 23.3. The van der Waals surface area contributed by atoms with Crippen molar-refractivity contribution in [2.24, 2.45) is 5.16 Å². The Bertz CT molecular complexity index is 886. The van der Waals surface area contributed by atoms with Crippen LogP contribution < -0.4 is 14.3 Å². The van der Waals surface area contributed by atoms with Gasteiger partial charge in [-0.25, -0.2) is 0 Å².